The number of fused-ring (bicyclic) bond motifs is 2. The van der Waals surface area contributed by atoms with Crippen LogP contribution >= 0.6 is 0 Å². The molecule has 0 bridgehead atoms. The third kappa shape index (κ3) is 5.07. The Morgan fingerprint density at radius 1 is 1.20 bits per heavy atom. The topological polar surface area (TPSA) is 53.1 Å². The van der Waals surface area contributed by atoms with Gasteiger partial charge in [-0.3, -0.25) is 4.79 Å². The van der Waals surface area contributed by atoms with E-state index in [1.165, 1.54) is 5.56 Å². The number of rotatable bonds is 5. The Kier molecular flexibility index (Phi) is 7.76. The minimum atomic E-state index is -0.384. The normalized spacial score (nSPS) is 25.1. The fourth-order valence-electron chi connectivity index (χ4n) is 6.62. The van der Waals surface area contributed by atoms with Gasteiger partial charge in [-0.15, -0.1) is 5.92 Å². The van der Waals surface area contributed by atoms with Crippen molar-refractivity contribution in [2.75, 3.05) is 24.5 Å². The number of likely N-dealkylation sites (tertiary alicyclic amines) is 2. The summed E-state index contributed by atoms with van der Waals surface area (Å²) in [6.45, 7) is 12.5. The second-order valence-corrected chi connectivity index (χ2v) is 10.6. The number of carbonyl (C=O) groups is 2. The number of benzene rings is 1. The molecule has 2 fully saturated rings. The van der Waals surface area contributed by atoms with Crippen molar-refractivity contribution >= 4 is 17.7 Å². The highest BCUT2D eigenvalue weighted by molar-refractivity contribution is 5.94. The number of piperidine rings is 1. The van der Waals surface area contributed by atoms with Gasteiger partial charge in [0.15, 0.2) is 6.10 Å². The van der Waals surface area contributed by atoms with Crippen LogP contribution in [0.15, 0.2) is 24.3 Å². The molecular weight excluding hydrogens is 438 g/mol. The lowest BCUT2D eigenvalue weighted by molar-refractivity contribution is -0.116. The molecule has 0 saturated carbocycles. The molecule has 0 aliphatic carbocycles. The zero-order chi connectivity index (χ0) is 25.2. The number of nitrogens with zero attached hydrogens (tertiary/aromatic N) is 3. The molecule has 6 heteroatoms. The average molecular weight is 480 g/mol. The van der Waals surface area contributed by atoms with Crippen LogP contribution in [0.4, 0.5) is 10.5 Å². The second-order valence-electron chi connectivity index (χ2n) is 10.6. The Labute approximate surface area is 211 Å². The van der Waals surface area contributed by atoms with Crippen LogP contribution < -0.4 is 4.90 Å². The van der Waals surface area contributed by atoms with E-state index in [9.17, 15) is 9.59 Å². The number of amides is 2. The van der Waals surface area contributed by atoms with Crippen LogP contribution in [0, 0.1) is 11.8 Å². The number of hydrogen-bond donors (Lipinski definition) is 0. The number of carbonyl (C=O) groups excluding carboxylic acids is 2. The molecule has 0 aromatic heterocycles. The summed E-state index contributed by atoms with van der Waals surface area (Å²) >= 11 is 0. The molecule has 4 atom stereocenters. The van der Waals surface area contributed by atoms with Crippen LogP contribution in [-0.4, -0.2) is 65.7 Å². The molecule has 0 radical (unpaired) electrons. The first kappa shape index (κ1) is 25.6. The Morgan fingerprint density at radius 2 is 1.91 bits per heavy atom. The Morgan fingerprint density at radius 3 is 2.57 bits per heavy atom. The van der Waals surface area contributed by atoms with E-state index in [1.54, 1.807) is 13.8 Å². The van der Waals surface area contributed by atoms with E-state index >= 15 is 0 Å². The number of hydrogen-bond acceptors (Lipinski definition) is 4. The zero-order valence-electron chi connectivity index (χ0n) is 22.0. The fourth-order valence-corrected chi connectivity index (χ4v) is 6.62. The standard InChI is InChI=1S/C29H41N3O3/c1-6-10-22(4)35-28(34)32-21(3)13-14-25(32)19-24(7-2)30-17-15-29(16-18-30)20-31(23(5)33)27-12-9-8-11-26(27)29/h8-9,11-12,21-22,24-25H,7,13-20H2,1-5H3. The van der Waals surface area contributed by atoms with E-state index in [0.29, 0.717) is 6.04 Å². The van der Waals surface area contributed by atoms with Crippen molar-refractivity contribution in [3.8, 4) is 11.8 Å². The van der Waals surface area contributed by atoms with Gasteiger partial charge in [-0.05, 0) is 84.0 Å². The van der Waals surface area contributed by atoms with Crippen molar-refractivity contribution in [1.29, 1.82) is 0 Å². The summed E-state index contributed by atoms with van der Waals surface area (Å²) in [7, 11) is 0. The van der Waals surface area contributed by atoms with Crippen molar-refractivity contribution in [1.82, 2.24) is 9.80 Å². The van der Waals surface area contributed by atoms with Gasteiger partial charge < -0.3 is 19.4 Å². The molecule has 1 aromatic carbocycles. The minimum absolute atomic E-state index is 0.0607. The average Bonchev–Trinajstić information content (AvgIpc) is 3.36. The molecule has 0 N–H and O–H groups in total. The van der Waals surface area contributed by atoms with Gasteiger partial charge in [0, 0.05) is 42.7 Å². The maximum Gasteiger partial charge on any atom is 0.411 e. The largest absolute Gasteiger partial charge is 0.433 e. The molecule has 3 aliphatic heterocycles. The summed E-state index contributed by atoms with van der Waals surface area (Å²) in [6.07, 6.45) is 5.60. The van der Waals surface area contributed by atoms with E-state index in [1.807, 2.05) is 22.8 Å². The van der Waals surface area contributed by atoms with Crippen LogP contribution in [0.25, 0.3) is 0 Å². The molecule has 3 aliphatic rings. The maximum absolute atomic E-state index is 13.0. The summed E-state index contributed by atoms with van der Waals surface area (Å²) < 4.78 is 5.63. The molecule has 1 aromatic rings. The Hall–Kier alpha value is -2.52. The highest BCUT2D eigenvalue weighted by Gasteiger charge is 2.46. The predicted octanol–water partition coefficient (Wildman–Crippen LogP) is 4.96. The van der Waals surface area contributed by atoms with Crippen LogP contribution in [0.1, 0.15) is 78.7 Å². The van der Waals surface area contributed by atoms with Gasteiger partial charge in [0.05, 0.1) is 0 Å². The van der Waals surface area contributed by atoms with E-state index in [4.69, 9.17) is 4.74 Å². The molecule has 3 heterocycles. The molecular formula is C29H41N3O3. The summed E-state index contributed by atoms with van der Waals surface area (Å²) in [5, 5.41) is 0. The van der Waals surface area contributed by atoms with Crippen molar-refractivity contribution in [3.63, 3.8) is 0 Å². The van der Waals surface area contributed by atoms with Crippen LogP contribution in [0.5, 0.6) is 0 Å². The van der Waals surface area contributed by atoms with E-state index in [0.717, 1.165) is 63.8 Å². The second kappa shape index (κ2) is 10.6. The Balaban J connectivity index is 1.42. The summed E-state index contributed by atoms with van der Waals surface area (Å²) in [6, 6.07) is 9.29. The predicted molar refractivity (Wildman–Crippen MR) is 139 cm³/mol. The Bertz CT molecular complexity index is 988. The zero-order valence-corrected chi connectivity index (χ0v) is 22.0. The third-order valence-corrected chi connectivity index (χ3v) is 8.52. The van der Waals surface area contributed by atoms with E-state index in [2.05, 4.69) is 48.8 Å². The first-order chi connectivity index (χ1) is 16.8. The highest BCUT2D eigenvalue weighted by atomic mass is 16.6. The van der Waals surface area contributed by atoms with Gasteiger partial charge in [0.1, 0.15) is 0 Å². The van der Waals surface area contributed by atoms with Gasteiger partial charge in [0.2, 0.25) is 5.91 Å². The monoisotopic (exact) mass is 479 g/mol. The van der Waals surface area contributed by atoms with Gasteiger partial charge >= 0.3 is 6.09 Å². The first-order valence-corrected chi connectivity index (χ1v) is 13.3. The van der Waals surface area contributed by atoms with Gasteiger partial charge in [-0.25, -0.2) is 4.79 Å². The third-order valence-electron chi connectivity index (χ3n) is 8.52. The molecule has 4 unspecified atom stereocenters. The SMILES string of the molecule is CC#CC(C)OC(=O)N1C(C)CCC1CC(CC)N1CCC2(CC1)CN(C(C)=O)c1ccccc12. The fraction of sp³-hybridized carbons (Fsp3) is 0.655. The van der Waals surface area contributed by atoms with Crippen molar-refractivity contribution < 1.29 is 14.3 Å². The number of anilines is 1. The quantitative estimate of drug-likeness (QED) is 0.561. The molecule has 190 valence electrons. The lowest BCUT2D eigenvalue weighted by Gasteiger charge is -2.44. The maximum atomic E-state index is 13.0. The number of ether oxygens (including phenoxy) is 1. The van der Waals surface area contributed by atoms with Gasteiger partial charge in [0.25, 0.3) is 0 Å². The van der Waals surface area contributed by atoms with E-state index < -0.39 is 0 Å². The number of para-hydroxylation sites is 1. The van der Waals surface area contributed by atoms with Crippen molar-refractivity contribution in [3.05, 3.63) is 29.8 Å². The highest BCUT2D eigenvalue weighted by Crippen LogP contribution is 2.47. The van der Waals surface area contributed by atoms with Gasteiger partial charge in [-0.2, -0.15) is 0 Å². The van der Waals surface area contributed by atoms with Gasteiger partial charge in [-0.1, -0.05) is 31.0 Å². The van der Waals surface area contributed by atoms with Crippen molar-refractivity contribution in [2.24, 2.45) is 0 Å². The van der Waals surface area contributed by atoms with E-state index in [-0.39, 0.29) is 35.6 Å². The molecule has 1 spiro atoms. The molecule has 6 nitrogen and oxygen atoms in total. The molecule has 35 heavy (non-hydrogen) atoms. The molecule has 2 amide bonds. The summed E-state index contributed by atoms with van der Waals surface area (Å²) in [5.74, 6) is 5.88. The lowest BCUT2D eigenvalue weighted by Crippen LogP contribution is -2.51. The van der Waals surface area contributed by atoms with Crippen molar-refractivity contribution in [2.45, 2.75) is 103 Å². The molecule has 4 rings (SSSR count). The lowest BCUT2D eigenvalue weighted by atomic mass is 9.74. The van der Waals surface area contributed by atoms with Crippen LogP contribution in [-0.2, 0) is 14.9 Å². The first-order valence-electron chi connectivity index (χ1n) is 13.3. The van der Waals surface area contributed by atoms with Crippen LogP contribution in [0.2, 0.25) is 0 Å². The molecule has 2 saturated heterocycles. The summed E-state index contributed by atoms with van der Waals surface area (Å²) in [5.41, 5.74) is 2.49. The smallest absolute Gasteiger partial charge is 0.411 e. The summed E-state index contributed by atoms with van der Waals surface area (Å²) in [4.78, 5) is 31.9. The van der Waals surface area contributed by atoms with Crippen LogP contribution in [0.3, 0.4) is 0 Å². The minimum Gasteiger partial charge on any atom is -0.433 e.